The maximum atomic E-state index is 12.6. The predicted molar refractivity (Wildman–Crippen MR) is 118 cm³/mol. The summed E-state index contributed by atoms with van der Waals surface area (Å²) in [4.78, 5) is 23.5. The molecule has 1 heterocycles. The summed E-state index contributed by atoms with van der Waals surface area (Å²) in [5, 5.41) is 30.4. The van der Waals surface area contributed by atoms with Gasteiger partial charge in [0.25, 0.3) is 5.91 Å². The van der Waals surface area contributed by atoms with Gasteiger partial charge in [-0.25, -0.2) is 0 Å². The lowest BCUT2D eigenvalue weighted by atomic mass is 9.77. The number of carbonyl (C=O) groups excluding carboxylic acids is 1. The Kier molecular flexibility index (Phi) is 6.27. The summed E-state index contributed by atoms with van der Waals surface area (Å²) in [6, 6.07) is 14.3. The number of anilines is 1. The Morgan fingerprint density at radius 3 is 2.45 bits per heavy atom. The Balaban J connectivity index is 1.35. The second-order valence-corrected chi connectivity index (χ2v) is 8.83. The molecular formula is C23H23N3O4S. The van der Waals surface area contributed by atoms with E-state index < -0.39 is 5.97 Å². The second kappa shape index (κ2) is 9.26. The first-order valence-corrected chi connectivity index (χ1v) is 11.1. The van der Waals surface area contributed by atoms with Gasteiger partial charge in [0.1, 0.15) is 10.8 Å². The van der Waals surface area contributed by atoms with Gasteiger partial charge in [0.2, 0.25) is 5.13 Å². The number of hydrogen-bond donors (Lipinski definition) is 3. The van der Waals surface area contributed by atoms with Crippen LogP contribution >= 0.6 is 11.3 Å². The van der Waals surface area contributed by atoms with Gasteiger partial charge in [-0.3, -0.25) is 14.9 Å². The summed E-state index contributed by atoms with van der Waals surface area (Å²) in [6.45, 7) is 0. The minimum atomic E-state index is -0.719. The molecule has 1 aliphatic carbocycles. The standard InChI is InChI=1S/C23H23N3O4S/c27-19-3-1-2-18(13-19)22-25-26-23(31-22)24-21(30)17-10-8-16(9-11-17)15-6-4-14(5-7-15)12-20(28)29/h1-3,8-11,13-15,27H,4-7,12H2,(H,28,29)(H,24,26,30)/t14-,15-. The largest absolute Gasteiger partial charge is 0.508 e. The number of carboxylic acids is 1. The van der Waals surface area contributed by atoms with Crippen molar-refractivity contribution in [2.45, 2.75) is 38.0 Å². The molecule has 160 valence electrons. The molecule has 3 N–H and O–H groups in total. The molecule has 1 aromatic heterocycles. The first-order chi connectivity index (χ1) is 15.0. The molecule has 2 aromatic carbocycles. The fourth-order valence-corrected chi connectivity index (χ4v) is 4.79. The lowest BCUT2D eigenvalue weighted by Crippen LogP contribution is -2.16. The van der Waals surface area contributed by atoms with Gasteiger partial charge in [0, 0.05) is 17.5 Å². The van der Waals surface area contributed by atoms with Crippen LogP contribution in [0.1, 0.15) is 53.9 Å². The number of phenolic OH excluding ortho intramolecular Hbond substituents is 1. The van der Waals surface area contributed by atoms with E-state index in [1.807, 2.05) is 30.3 Å². The van der Waals surface area contributed by atoms with Crippen LogP contribution in [0.2, 0.25) is 0 Å². The molecule has 1 aliphatic rings. The number of aliphatic carboxylic acids is 1. The minimum Gasteiger partial charge on any atom is -0.508 e. The van der Waals surface area contributed by atoms with Crippen molar-refractivity contribution in [2.75, 3.05) is 5.32 Å². The van der Waals surface area contributed by atoms with Gasteiger partial charge in [-0.1, -0.05) is 35.6 Å². The van der Waals surface area contributed by atoms with E-state index in [-0.39, 0.29) is 24.0 Å². The molecule has 0 radical (unpaired) electrons. The van der Waals surface area contributed by atoms with Gasteiger partial charge in [0.05, 0.1) is 0 Å². The summed E-state index contributed by atoms with van der Waals surface area (Å²) < 4.78 is 0. The number of benzene rings is 2. The van der Waals surface area contributed by atoms with E-state index in [4.69, 9.17) is 5.11 Å². The molecule has 31 heavy (non-hydrogen) atoms. The summed E-state index contributed by atoms with van der Waals surface area (Å²) >= 11 is 1.24. The number of phenols is 1. The fourth-order valence-electron chi connectivity index (χ4n) is 4.05. The van der Waals surface area contributed by atoms with Crippen molar-refractivity contribution in [3.63, 3.8) is 0 Å². The first-order valence-electron chi connectivity index (χ1n) is 10.2. The van der Waals surface area contributed by atoms with Crippen LogP contribution in [0.3, 0.4) is 0 Å². The first kappa shape index (κ1) is 21.0. The van der Waals surface area contributed by atoms with Gasteiger partial charge in [-0.15, -0.1) is 10.2 Å². The van der Waals surface area contributed by atoms with E-state index in [0.717, 1.165) is 31.2 Å². The molecule has 4 rings (SSSR count). The van der Waals surface area contributed by atoms with E-state index in [1.54, 1.807) is 18.2 Å². The number of aromatic nitrogens is 2. The maximum absolute atomic E-state index is 12.6. The molecular weight excluding hydrogens is 414 g/mol. The average molecular weight is 438 g/mol. The molecule has 1 fully saturated rings. The van der Waals surface area contributed by atoms with Gasteiger partial charge in [-0.05, 0) is 67.3 Å². The van der Waals surface area contributed by atoms with Gasteiger partial charge in [-0.2, -0.15) is 0 Å². The van der Waals surface area contributed by atoms with Crippen LogP contribution in [0, 0.1) is 5.92 Å². The Hall–Kier alpha value is -3.26. The van der Waals surface area contributed by atoms with Crippen molar-refractivity contribution in [3.8, 4) is 16.3 Å². The van der Waals surface area contributed by atoms with E-state index in [9.17, 15) is 14.7 Å². The summed E-state index contributed by atoms with van der Waals surface area (Å²) in [5.41, 5.74) is 2.46. The number of hydrogen-bond acceptors (Lipinski definition) is 6. The third-order valence-electron chi connectivity index (χ3n) is 5.69. The Bertz CT molecular complexity index is 1070. The molecule has 1 amide bonds. The molecule has 0 unspecified atom stereocenters. The number of nitrogens with zero attached hydrogens (tertiary/aromatic N) is 2. The molecule has 1 saturated carbocycles. The highest BCUT2D eigenvalue weighted by atomic mass is 32.1. The summed E-state index contributed by atoms with van der Waals surface area (Å²) in [7, 11) is 0. The molecule has 8 heteroatoms. The zero-order chi connectivity index (χ0) is 21.8. The van der Waals surface area contributed by atoms with E-state index >= 15 is 0 Å². The van der Waals surface area contributed by atoms with Gasteiger partial charge < -0.3 is 10.2 Å². The highest BCUT2D eigenvalue weighted by molar-refractivity contribution is 7.18. The van der Waals surface area contributed by atoms with E-state index in [0.29, 0.717) is 21.6 Å². The Labute approximate surface area is 183 Å². The van der Waals surface area contributed by atoms with Crippen molar-refractivity contribution in [1.82, 2.24) is 10.2 Å². The smallest absolute Gasteiger partial charge is 0.303 e. The van der Waals surface area contributed by atoms with Gasteiger partial charge in [0.15, 0.2) is 0 Å². The third-order valence-corrected chi connectivity index (χ3v) is 6.58. The molecule has 0 spiro atoms. The number of rotatable bonds is 6. The van der Waals surface area contributed by atoms with Gasteiger partial charge >= 0.3 is 5.97 Å². The number of carboxylic acid groups (broad SMARTS) is 1. The van der Waals surface area contributed by atoms with Crippen LogP contribution in [0.4, 0.5) is 5.13 Å². The van der Waals surface area contributed by atoms with Crippen molar-refractivity contribution in [2.24, 2.45) is 5.92 Å². The highest BCUT2D eigenvalue weighted by Gasteiger charge is 2.24. The molecule has 3 aromatic rings. The van der Waals surface area contributed by atoms with Crippen molar-refractivity contribution < 1.29 is 19.8 Å². The fraction of sp³-hybridized carbons (Fsp3) is 0.304. The number of aromatic hydroxyl groups is 1. The normalized spacial score (nSPS) is 18.5. The maximum Gasteiger partial charge on any atom is 0.303 e. The molecule has 7 nitrogen and oxygen atoms in total. The lowest BCUT2D eigenvalue weighted by Gasteiger charge is -2.28. The Morgan fingerprint density at radius 1 is 1.03 bits per heavy atom. The number of nitrogens with one attached hydrogen (secondary N) is 1. The topological polar surface area (TPSA) is 112 Å². The van der Waals surface area contributed by atoms with Crippen molar-refractivity contribution >= 4 is 28.3 Å². The lowest BCUT2D eigenvalue weighted by molar-refractivity contribution is -0.138. The third kappa shape index (κ3) is 5.27. The minimum absolute atomic E-state index is 0.147. The van der Waals surface area contributed by atoms with E-state index in [1.165, 1.54) is 16.9 Å². The monoisotopic (exact) mass is 437 g/mol. The predicted octanol–water partition coefficient (Wildman–Crippen LogP) is 4.91. The van der Waals surface area contributed by atoms with Crippen molar-refractivity contribution in [1.29, 1.82) is 0 Å². The Morgan fingerprint density at radius 2 is 1.77 bits per heavy atom. The van der Waals surface area contributed by atoms with Crippen LogP contribution in [0.25, 0.3) is 10.6 Å². The van der Waals surface area contributed by atoms with Crippen LogP contribution < -0.4 is 5.32 Å². The van der Waals surface area contributed by atoms with Crippen molar-refractivity contribution in [3.05, 3.63) is 59.7 Å². The average Bonchev–Trinajstić information content (AvgIpc) is 3.22. The summed E-state index contributed by atoms with van der Waals surface area (Å²) in [5.74, 6) is -0.141. The quantitative estimate of drug-likeness (QED) is 0.505. The summed E-state index contributed by atoms with van der Waals surface area (Å²) in [6.07, 6.45) is 4.07. The van der Waals surface area contributed by atoms with Crippen LogP contribution in [0.15, 0.2) is 48.5 Å². The number of carbonyl (C=O) groups is 2. The molecule has 0 atom stereocenters. The molecule has 0 saturated heterocycles. The van der Waals surface area contributed by atoms with E-state index in [2.05, 4.69) is 15.5 Å². The molecule has 0 bridgehead atoms. The molecule has 0 aliphatic heterocycles. The van der Waals surface area contributed by atoms with Crippen LogP contribution in [-0.2, 0) is 4.79 Å². The SMILES string of the molecule is O=C(O)C[C@H]1CC[C@H](c2ccc(C(=O)Nc3nnc(-c4cccc(O)c4)s3)cc2)CC1. The zero-order valence-electron chi connectivity index (χ0n) is 16.8. The van der Waals surface area contributed by atoms with Crippen LogP contribution in [-0.4, -0.2) is 32.3 Å². The highest BCUT2D eigenvalue weighted by Crippen LogP contribution is 2.37. The van der Waals surface area contributed by atoms with Crippen LogP contribution in [0.5, 0.6) is 5.75 Å². The zero-order valence-corrected chi connectivity index (χ0v) is 17.6. The second-order valence-electron chi connectivity index (χ2n) is 7.85. The number of amides is 1.